The number of halogens is 1. The maximum Gasteiger partial charge on any atom is 0.188 e. The van der Waals surface area contributed by atoms with Gasteiger partial charge < -0.3 is 10.1 Å². The standard InChI is InChI=1S/C11H11ClN2OS/c1-2-15-9-6-4-3-5-8(9)13-11-14-10(12)7-16-11/h3-7H,2H2,1H3,(H,13,14). The second kappa shape index (κ2) is 5.18. The van der Waals surface area contributed by atoms with Gasteiger partial charge in [-0.25, -0.2) is 4.98 Å². The van der Waals surface area contributed by atoms with Crippen LogP contribution in [0.25, 0.3) is 0 Å². The summed E-state index contributed by atoms with van der Waals surface area (Å²) in [6, 6.07) is 7.74. The van der Waals surface area contributed by atoms with Crippen LogP contribution in [0.15, 0.2) is 29.6 Å². The van der Waals surface area contributed by atoms with Gasteiger partial charge in [0, 0.05) is 5.38 Å². The number of rotatable bonds is 4. The summed E-state index contributed by atoms with van der Waals surface area (Å²) in [5.74, 6) is 0.816. The van der Waals surface area contributed by atoms with E-state index in [0.29, 0.717) is 11.8 Å². The average Bonchev–Trinajstić information content (AvgIpc) is 2.67. The molecule has 1 N–H and O–H groups in total. The SMILES string of the molecule is CCOc1ccccc1Nc1nc(Cl)cs1. The van der Waals surface area contributed by atoms with Crippen molar-refractivity contribution in [3.8, 4) is 5.75 Å². The topological polar surface area (TPSA) is 34.1 Å². The van der Waals surface area contributed by atoms with Crippen LogP contribution < -0.4 is 10.1 Å². The van der Waals surface area contributed by atoms with Gasteiger partial charge >= 0.3 is 0 Å². The molecule has 0 unspecified atom stereocenters. The van der Waals surface area contributed by atoms with E-state index < -0.39 is 0 Å². The van der Waals surface area contributed by atoms with Crippen molar-refractivity contribution in [2.75, 3.05) is 11.9 Å². The van der Waals surface area contributed by atoms with E-state index in [1.807, 2.05) is 31.2 Å². The molecule has 1 aromatic carbocycles. The maximum atomic E-state index is 5.76. The summed E-state index contributed by atoms with van der Waals surface area (Å²) in [7, 11) is 0. The molecule has 0 fully saturated rings. The zero-order chi connectivity index (χ0) is 11.4. The molecule has 0 radical (unpaired) electrons. The molecule has 3 nitrogen and oxygen atoms in total. The van der Waals surface area contributed by atoms with Crippen molar-refractivity contribution in [1.29, 1.82) is 0 Å². The van der Waals surface area contributed by atoms with E-state index in [9.17, 15) is 0 Å². The lowest BCUT2D eigenvalue weighted by molar-refractivity contribution is 0.342. The number of anilines is 2. The Morgan fingerprint density at radius 2 is 2.25 bits per heavy atom. The van der Waals surface area contributed by atoms with E-state index in [1.54, 1.807) is 5.38 Å². The van der Waals surface area contributed by atoms with Crippen LogP contribution in [0.3, 0.4) is 0 Å². The summed E-state index contributed by atoms with van der Waals surface area (Å²) in [4.78, 5) is 4.12. The number of hydrogen-bond donors (Lipinski definition) is 1. The van der Waals surface area contributed by atoms with Gasteiger partial charge in [0.15, 0.2) is 5.13 Å². The monoisotopic (exact) mass is 254 g/mol. The molecular formula is C11H11ClN2OS. The smallest absolute Gasteiger partial charge is 0.188 e. The number of benzene rings is 1. The van der Waals surface area contributed by atoms with Gasteiger partial charge in [0.1, 0.15) is 10.9 Å². The lowest BCUT2D eigenvalue weighted by atomic mass is 10.3. The van der Waals surface area contributed by atoms with Crippen molar-refractivity contribution in [3.63, 3.8) is 0 Å². The van der Waals surface area contributed by atoms with Crippen LogP contribution in [-0.2, 0) is 0 Å². The molecule has 0 atom stereocenters. The Hall–Kier alpha value is -1.26. The summed E-state index contributed by atoms with van der Waals surface area (Å²) in [6.45, 7) is 2.59. The van der Waals surface area contributed by atoms with Gasteiger partial charge in [-0.05, 0) is 19.1 Å². The molecule has 0 aliphatic carbocycles. The van der Waals surface area contributed by atoms with E-state index in [-0.39, 0.29) is 0 Å². The van der Waals surface area contributed by atoms with Crippen molar-refractivity contribution >= 4 is 33.8 Å². The number of hydrogen-bond acceptors (Lipinski definition) is 4. The Kier molecular flexibility index (Phi) is 3.64. The van der Waals surface area contributed by atoms with Crippen molar-refractivity contribution in [2.24, 2.45) is 0 Å². The molecule has 0 saturated heterocycles. The van der Waals surface area contributed by atoms with E-state index in [4.69, 9.17) is 16.3 Å². The second-order valence-electron chi connectivity index (χ2n) is 3.03. The van der Waals surface area contributed by atoms with Gasteiger partial charge in [-0.15, -0.1) is 11.3 Å². The van der Waals surface area contributed by atoms with Gasteiger partial charge in [-0.2, -0.15) is 0 Å². The lowest BCUT2D eigenvalue weighted by Crippen LogP contribution is -1.97. The molecule has 0 amide bonds. The van der Waals surface area contributed by atoms with Crippen molar-refractivity contribution in [1.82, 2.24) is 4.98 Å². The Balaban J connectivity index is 2.20. The molecule has 0 aliphatic rings. The van der Waals surface area contributed by atoms with Crippen LogP contribution in [0.1, 0.15) is 6.92 Å². The first-order chi connectivity index (χ1) is 7.79. The van der Waals surface area contributed by atoms with Crippen molar-refractivity contribution < 1.29 is 4.74 Å². The van der Waals surface area contributed by atoms with Gasteiger partial charge in [0.05, 0.1) is 12.3 Å². The van der Waals surface area contributed by atoms with E-state index in [0.717, 1.165) is 16.6 Å². The highest BCUT2D eigenvalue weighted by Crippen LogP contribution is 2.29. The molecule has 5 heteroatoms. The molecule has 1 heterocycles. The normalized spacial score (nSPS) is 10.1. The molecule has 84 valence electrons. The third-order valence-corrected chi connectivity index (χ3v) is 2.99. The fraction of sp³-hybridized carbons (Fsp3) is 0.182. The minimum Gasteiger partial charge on any atom is -0.492 e. The number of para-hydroxylation sites is 2. The first-order valence-corrected chi connectivity index (χ1v) is 6.15. The zero-order valence-corrected chi connectivity index (χ0v) is 10.3. The van der Waals surface area contributed by atoms with Crippen LogP contribution in [-0.4, -0.2) is 11.6 Å². The summed E-state index contributed by atoms with van der Waals surface area (Å²) in [6.07, 6.45) is 0. The molecule has 2 aromatic rings. The Bertz CT molecular complexity index is 473. The molecule has 0 aliphatic heterocycles. The molecule has 0 saturated carbocycles. The summed E-state index contributed by atoms with van der Waals surface area (Å²) < 4.78 is 5.50. The second-order valence-corrected chi connectivity index (χ2v) is 4.27. The van der Waals surface area contributed by atoms with Crippen molar-refractivity contribution in [3.05, 3.63) is 34.8 Å². The number of nitrogens with one attached hydrogen (secondary N) is 1. The van der Waals surface area contributed by atoms with E-state index in [2.05, 4.69) is 10.3 Å². The molecule has 1 aromatic heterocycles. The molecule has 2 rings (SSSR count). The van der Waals surface area contributed by atoms with Crippen LogP contribution in [0.2, 0.25) is 5.15 Å². The highest BCUT2D eigenvalue weighted by Gasteiger charge is 2.05. The third kappa shape index (κ3) is 2.65. The summed E-state index contributed by atoms with van der Waals surface area (Å²) in [5, 5.41) is 6.22. The predicted octanol–water partition coefficient (Wildman–Crippen LogP) is 3.94. The molecule has 0 spiro atoms. The van der Waals surface area contributed by atoms with Crippen LogP contribution in [0.5, 0.6) is 5.75 Å². The first-order valence-electron chi connectivity index (χ1n) is 4.89. The third-order valence-electron chi connectivity index (χ3n) is 1.90. The Morgan fingerprint density at radius 3 is 2.94 bits per heavy atom. The lowest BCUT2D eigenvalue weighted by Gasteiger charge is -2.09. The fourth-order valence-electron chi connectivity index (χ4n) is 1.28. The first kappa shape index (κ1) is 11.2. The van der Waals surface area contributed by atoms with Crippen LogP contribution >= 0.6 is 22.9 Å². The zero-order valence-electron chi connectivity index (χ0n) is 8.74. The van der Waals surface area contributed by atoms with Crippen molar-refractivity contribution in [2.45, 2.75) is 6.92 Å². The average molecular weight is 255 g/mol. The number of nitrogens with zero attached hydrogens (tertiary/aromatic N) is 1. The largest absolute Gasteiger partial charge is 0.492 e. The highest BCUT2D eigenvalue weighted by molar-refractivity contribution is 7.14. The quantitative estimate of drug-likeness (QED) is 0.897. The number of ether oxygens (including phenoxy) is 1. The molecule has 16 heavy (non-hydrogen) atoms. The summed E-state index contributed by atoms with van der Waals surface area (Å²) in [5.41, 5.74) is 0.898. The van der Waals surface area contributed by atoms with Crippen LogP contribution in [0.4, 0.5) is 10.8 Å². The number of aromatic nitrogens is 1. The predicted molar refractivity (Wildman–Crippen MR) is 68.0 cm³/mol. The molecule has 0 bridgehead atoms. The highest BCUT2D eigenvalue weighted by atomic mass is 35.5. The Morgan fingerprint density at radius 1 is 1.44 bits per heavy atom. The minimum absolute atomic E-state index is 0.501. The summed E-state index contributed by atoms with van der Waals surface area (Å²) >= 11 is 7.22. The fourth-order valence-corrected chi connectivity index (χ4v) is 2.13. The number of thiazole rings is 1. The molecular weight excluding hydrogens is 244 g/mol. The van der Waals surface area contributed by atoms with Gasteiger partial charge in [-0.1, -0.05) is 23.7 Å². The van der Waals surface area contributed by atoms with Gasteiger partial charge in [0.25, 0.3) is 0 Å². The minimum atomic E-state index is 0.501. The van der Waals surface area contributed by atoms with Gasteiger partial charge in [0.2, 0.25) is 0 Å². The van der Waals surface area contributed by atoms with Gasteiger partial charge in [-0.3, -0.25) is 0 Å². The van der Waals surface area contributed by atoms with Crippen LogP contribution in [0, 0.1) is 0 Å². The van der Waals surface area contributed by atoms with E-state index >= 15 is 0 Å². The maximum absolute atomic E-state index is 5.76. The Labute approximate surface area is 103 Å². The van der Waals surface area contributed by atoms with E-state index in [1.165, 1.54) is 11.3 Å².